The first kappa shape index (κ1) is 39.3. The van der Waals surface area contributed by atoms with Gasteiger partial charge in [-0.25, -0.2) is 24.0 Å². The number of aliphatic hydroxyl groups is 1. The minimum Gasteiger partial charge on any atom is -0.459 e. The number of carbonyl (C=O) groups is 5. The third kappa shape index (κ3) is 14.5. The minimum atomic E-state index is -0.960. The summed E-state index contributed by atoms with van der Waals surface area (Å²) in [5.41, 5.74) is 3.03. The van der Waals surface area contributed by atoms with Crippen LogP contribution in [0.3, 0.4) is 0 Å². The molecule has 0 heterocycles. The lowest BCUT2D eigenvalue weighted by molar-refractivity contribution is -0.139. The predicted molar refractivity (Wildman–Crippen MR) is 188 cm³/mol. The zero-order chi connectivity index (χ0) is 37.2. The molecule has 270 valence electrons. The van der Waals surface area contributed by atoms with Crippen LogP contribution in [0.4, 0.5) is 31.4 Å². The first-order valence-electron chi connectivity index (χ1n) is 15.8. The average Bonchev–Trinajstić information content (AvgIpc) is 3.10. The number of hydrogen-bond acceptors (Lipinski definition) is 11. The highest BCUT2D eigenvalue weighted by Gasteiger charge is 2.19. The van der Waals surface area contributed by atoms with Crippen molar-refractivity contribution in [1.29, 1.82) is 0 Å². The standard InChI is InChI=1S/C37H41N3O11/c1-5-31(41)47-21-23-50-35(44)39-29-15-9-26(10-16-29)33(25-7-13-28(14-8-25)38-34(43)49-20-19-37(3,4)46)27-11-17-30(18-12-27)40-36(45)51-24-22-48-32(42)6-2/h5-18,33,46H,1-2,19-24H2,3-4H3,(H,38,43)(H,39,44)(H,40,45). The molecule has 3 aromatic rings. The molecular weight excluding hydrogens is 662 g/mol. The predicted octanol–water partition coefficient (Wildman–Crippen LogP) is 6.13. The van der Waals surface area contributed by atoms with Crippen molar-refractivity contribution in [2.24, 2.45) is 0 Å². The van der Waals surface area contributed by atoms with Crippen molar-refractivity contribution in [2.45, 2.75) is 31.8 Å². The van der Waals surface area contributed by atoms with Crippen molar-refractivity contribution in [1.82, 2.24) is 0 Å². The molecule has 51 heavy (non-hydrogen) atoms. The van der Waals surface area contributed by atoms with Gasteiger partial charge in [0.25, 0.3) is 0 Å². The summed E-state index contributed by atoms with van der Waals surface area (Å²) < 4.78 is 24.8. The Balaban J connectivity index is 1.74. The molecule has 3 aromatic carbocycles. The Kier molecular flexibility index (Phi) is 15.2. The summed E-state index contributed by atoms with van der Waals surface area (Å²) in [6.45, 7) is 9.40. The van der Waals surface area contributed by atoms with E-state index in [0.29, 0.717) is 17.1 Å². The van der Waals surface area contributed by atoms with Crippen LogP contribution in [-0.4, -0.2) is 74.0 Å². The van der Waals surface area contributed by atoms with Gasteiger partial charge in [-0.15, -0.1) is 0 Å². The maximum Gasteiger partial charge on any atom is 0.411 e. The van der Waals surface area contributed by atoms with E-state index in [1.807, 2.05) is 36.4 Å². The van der Waals surface area contributed by atoms with Gasteiger partial charge in [0.05, 0.1) is 12.2 Å². The van der Waals surface area contributed by atoms with Gasteiger partial charge in [0, 0.05) is 41.6 Å². The molecule has 0 spiro atoms. The fourth-order valence-electron chi connectivity index (χ4n) is 4.38. The number of nitrogens with one attached hydrogen (secondary N) is 3. The van der Waals surface area contributed by atoms with E-state index in [2.05, 4.69) is 29.1 Å². The first-order chi connectivity index (χ1) is 24.4. The highest BCUT2D eigenvalue weighted by Crippen LogP contribution is 2.34. The fraction of sp³-hybridized carbons (Fsp3) is 0.270. The Morgan fingerprint density at radius 1 is 0.569 bits per heavy atom. The van der Waals surface area contributed by atoms with Crippen molar-refractivity contribution in [2.75, 3.05) is 49.0 Å². The lowest BCUT2D eigenvalue weighted by Crippen LogP contribution is -2.23. The van der Waals surface area contributed by atoms with Gasteiger partial charge in [0.2, 0.25) is 0 Å². The Morgan fingerprint density at radius 2 is 0.863 bits per heavy atom. The molecule has 0 aliphatic carbocycles. The van der Waals surface area contributed by atoms with E-state index in [9.17, 15) is 29.1 Å². The largest absolute Gasteiger partial charge is 0.459 e. The van der Waals surface area contributed by atoms with Crippen LogP contribution in [0.15, 0.2) is 98.1 Å². The molecule has 0 atom stereocenters. The number of anilines is 3. The van der Waals surface area contributed by atoms with E-state index in [4.69, 9.17) is 23.7 Å². The Bertz CT molecular complexity index is 1560. The van der Waals surface area contributed by atoms with Gasteiger partial charge in [0.1, 0.15) is 26.4 Å². The SMILES string of the molecule is C=CC(=O)OCCOC(=O)Nc1ccc(C(c2ccc(NC(=O)OCCOC(=O)C=C)cc2)c2ccc(NC(=O)OCCC(C)(C)O)cc2)cc1. The second kappa shape index (κ2) is 19.7. The molecule has 4 N–H and O–H groups in total. The number of ether oxygens (including phenoxy) is 5. The zero-order valence-electron chi connectivity index (χ0n) is 28.3. The average molecular weight is 704 g/mol. The van der Waals surface area contributed by atoms with Gasteiger partial charge in [-0.2, -0.15) is 0 Å². The van der Waals surface area contributed by atoms with Crippen LogP contribution in [0.5, 0.6) is 0 Å². The number of benzene rings is 3. The lowest BCUT2D eigenvalue weighted by atomic mass is 9.85. The van der Waals surface area contributed by atoms with Crippen LogP contribution in [0.2, 0.25) is 0 Å². The number of rotatable bonds is 17. The summed E-state index contributed by atoms with van der Waals surface area (Å²) >= 11 is 0. The third-order valence-corrected chi connectivity index (χ3v) is 6.87. The molecule has 0 saturated heterocycles. The molecule has 0 fully saturated rings. The van der Waals surface area contributed by atoms with E-state index in [1.165, 1.54) is 0 Å². The Labute approximate surface area is 295 Å². The topological polar surface area (TPSA) is 188 Å². The summed E-state index contributed by atoms with van der Waals surface area (Å²) in [7, 11) is 0. The van der Waals surface area contributed by atoms with Crippen molar-refractivity contribution in [3.63, 3.8) is 0 Å². The highest BCUT2D eigenvalue weighted by atomic mass is 16.6. The van der Waals surface area contributed by atoms with Crippen LogP contribution >= 0.6 is 0 Å². The third-order valence-electron chi connectivity index (χ3n) is 6.87. The van der Waals surface area contributed by atoms with Gasteiger partial charge in [-0.3, -0.25) is 16.0 Å². The lowest BCUT2D eigenvalue weighted by Gasteiger charge is -2.20. The highest BCUT2D eigenvalue weighted by molar-refractivity contribution is 5.86. The molecule has 14 heteroatoms. The zero-order valence-corrected chi connectivity index (χ0v) is 28.3. The number of carbonyl (C=O) groups excluding carboxylic acids is 5. The van der Waals surface area contributed by atoms with Gasteiger partial charge in [0.15, 0.2) is 0 Å². The molecule has 0 radical (unpaired) electrons. The molecule has 0 saturated carbocycles. The van der Waals surface area contributed by atoms with E-state index in [1.54, 1.807) is 50.2 Å². The number of hydrogen-bond donors (Lipinski definition) is 4. The molecule has 0 bridgehead atoms. The fourth-order valence-corrected chi connectivity index (χ4v) is 4.38. The van der Waals surface area contributed by atoms with E-state index < -0.39 is 35.8 Å². The summed E-state index contributed by atoms with van der Waals surface area (Å²) in [5.74, 6) is -1.56. The number of amides is 3. The van der Waals surface area contributed by atoms with Crippen molar-refractivity contribution in [3.05, 3.63) is 115 Å². The van der Waals surface area contributed by atoms with Gasteiger partial charge in [-0.1, -0.05) is 49.6 Å². The molecule has 0 unspecified atom stereocenters. The summed E-state index contributed by atoms with van der Waals surface area (Å²) in [6.07, 6.45) is 0.202. The molecule has 0 aliphatic rings. The monoisotopic (exact) mass is 703 g/mol. The summed E-state index contributed by atoms with van der Waals surface area (Å²) in [4.78, 5) is 58.9. The van der Waals surface area contributed by atoms with Crippen LogP contribution in [0, 0.1) is 0 Å². The first-order valence-corrected chi connectivity index (χ1v) is 15.8. The molecule has 3 amide bonds. The van der Waals surface area contributed by atoms with Crippen molar-refractivity contribution >= 4 is 47.3 Å². The Morgan fingerprint density at radius 3 is 1.16 bits per heavy atom. The van der Waals surface area contributed by atoms with Crippen LogP contribution in [0.1, 0.15) is 42.9 Å². The smallest absolute Gasteiger partial charge is 0.411 e. The second-order valence-electron chi connectivity index (χ2n) is 11.4. The van der Waals surface area contributed by atoms with Crippen molar-refractivity contribution in [3.8, 4) is 0 Å². The maximum atomic E-state index is 12.3. The molecule has 0 aliphatic heterocycles. The minimum absolute atomic E-state index is 0.0525. The molecule has 3 rings (SSSR count). The van der Waals surface area contributed by atoms with Crippen LogP contribution < -0.4 is 16.0 Å². The Hall–Kier alpha value is -6.15. The van der Waals surface area contributed by atoms with Crippen molar-refractivity contribution < 1.29 is 52.8 Å². The van der Waals surface area contributed by atoms with Gasteiger partial charge in [-0.05, 0) is 66.9 Å². The molecule has 0 aromatic heterocycles. The van der Waals surface area contributed by atoms with Crippen LogP contribution in [0.25, 0.3) is 0 Å². The molecule has 14 nitrogen and oxygen atoms in total. The summed E-state index contributed by atoms with van der Waals surface area (Å²) in [5, 5.41) is 17.7. The second-order valence-corrected chi connectivity index (χ2v) is 11.4. The van der Waals surface area contributed by atoms with Gasteiger partial charge >= 0.3 is 30.2 Å². The van der Waals surface area contributed by atoms with Gasteiger partial charge < -0.3 is 28.8 Å². The van der Waals surface area contributed by atoms with E-state index >= 15 is 0 Å². The van der Waals surface area contributed by atoms with Crippen LogP contribution in [-0.2, 0) is 33.3 Å². The number of esters is 2. The molecular formula is C37H41N3O11. The normalized spacial score (nSPS) is 10.7. The van der Waals surface area contributed by atoms with E-state index in [-0.39, 0.29) is 45.4 Å². The quantitative estimate of drug-likeness (QED) is 0.0416. The maximum absolute atomic E-state index is 12.3. The van der Waals surface area contributed by atoms with E-state index in [0.717, 1.165) is 28.8 Å². The summed E-state index contributed by atoms with van der Waals surface area (Å²) in [6, 6.07) is 21.3.